The van der Waals surface area contributed by atoms with Crippen LogP contribution in [0.4, 0.5) is 5.69 Å². The minimum Gasteiger partial charge on any atom is -0.454 e. The van der Waals surface area contributed by atoms with Gasteiger partial charge in [-0.25, -0.2) is 4.99 Å². The number of aliphatic imine (C=N–C) groups is 1. The molecule has 0 spiro atoms. The number of carbonyl (C=O) groups excluding carboxylic acids is 1. The van der Waals surface area contributed by atoms with Crippen molar-refractivity contribution in [3.8, 4) is 11.5 Å². The first kappa shape index (κ1) is 21.9. The molecule has 33 heavy (non-hydrogen) atoms. The normalized spacial score (nSPS) is 16.0. The summed E-state index contributed by atoms with van der Waals surface area (Å²) in [6.45, 7) is 2.20. The second-order valence-electron chi connectivity index (χ2n) is 7.50. The monoisotopic (exact) mass is 496 g/mol. The zero-order chi connectivity index (χ0) is 22.9. The summed E-state index contributed by atoms with van der Waals surface area (Å²) in [5, 5.41) is 1.72. The molecule has 2 aliphatic rings. The average molecular weight is 497 g/mol. The molecule has 0 radical (unpaired) electrons. The Kier molecular flexibility index (Phi) is 6.06. The first-order chi connectivity index (χ1) is 16.0. The summed E-state index contributed by atoms with van der Waals surface area (Å²) in [6, 6.07) is 18.7. The first-order valence-electron chi connectivity index (χ1n) is 10.2. The molecule has 8 heteroatoms. The number of fused-ring (bicyclic) bond motifs is 1. The summed E-state index contributed by atoms with van der Waals surface area (Å²) in [6.07, 6.45) is 1.75. The van der Waals surface area contributed by atoms with Gasteiger partial charge in [0.2, 0.25) is 6.79 Å². The molecular weight excluding hydrogens is 479 g/mol. The molecule has 5 nitrogen and oxygen atoms in total. The number of hydrogen-bond acceptors (Lipinski definition) is 5. The van der Waals surface area contributed by atoms with Crippen molar-refractivity contribution in [1.29, 1.82) is 0 Å². The fourth-order valence-corrected chi connectivity index (χ4v) is 5.24. The van der Waals surface area contributed by atoms with Gasteiger partial charge in [-0.1, -0.05) is 64.8 Å². The highest BCUT2D eigenvalue weighted by atomic mass is 35.5. The van der Waals surface area contributed by atoms with E-state index in [0.717, 1.165) is 22.4 Å². The molecule has 0 bridgehead atoms. The molecule has 0 N–H and O–H groups in total. The van der Waals surface area contributed by atoms with Gasteiger partial charge in [0.15, 0.2) is 16.7 Å². The van der Waals surface area contributed by atoms with Gasteiger partial charge in [0.25, 0.3) is 5.91 Å². The summed E-state index contributed by atoms with van der Waals surface area (Å²) in [5.74, 6) is 1.61. The van der Waals surface area contributed by atoms with Gasteiger partial charge < -0.3 is 9.47 Å². The van der Waals surface area contributed by atoms with E-state index in [1.165, 1.54) is 11.8 Å². The van der Waals surface area contributed by atoms with Crippen LogP contribution in [0.2, 0.25) is 10.0 Å². The third-order valence-electron chi connectivity index (χ3n) is 5.23. The summed E-state index contributed by atoms with van der Waals surface area (Å²) in [7, 11) is 0. The lowest BCUT2D eigenvalue weighted by molar-refractivity contribution is -0.113. The van der Waals surface area contributed by atoms with E-state index < -0.39 is 0 Å². The third-order valence-corrected chi connectivity index (χ3v) is 6.90. The van der Waals surface area contributed by atoms with E-state index >= 15 is 0 Å². The van der Waals surface area contributed by atoms with Crippen molar-refractivity contribution in [3.05, 3.63) is 93.1 Å². The Hall–Kier alpha value is -2.93. The molecule has 3 aromatic carbocycles. The van der Waals surface area contributed by atoms with E-state index in [1.54, 1.807) is 29.2 Å². The van der Waals surface area contributed by atoms with Crippen molar-refractivity contribution in [2.24, 2.45) is 4.99 Å². The molecule has 0 unspecified atom stereocenters. The molecule has 0 saturated carbocycles. The van der Waals surface area contributed by atoms with Crippen molar-refractivity contribution in [1.82, 2.24) is 0 Å². The van der Waals surface area contributed by atoms with Gasteiger partial charge in [-0.2, -0.15) is 0 Å². The number of anilines is 1. The third kappa shape index (κ3) is 4.47. The van der Waals surface area contributed by atoms with Crippen LogP contribution in [0.15, 0.2) is 71.4 Å². The maximum atomic E-state index is 13.4. The first-order valence-corrected chi connectivity index (χ1v) is 11.9. The topological polar surface area (TPSA) is 51.1 Å². The second-order valence-corrected chi connectivity index (χ2v) is 9.26. The fourth-order valence-electron chi connectivity index (χ4n) is 3.48. The van der Waals surface area contributed by atoms with Crippen LogP contribution in [0.1, 0.15) is 16.7 Å². The number of benzene rings is 3. The second kappa shape index (κ2) is 9.14. The van der Waals surface area contributed by atoms with Crippen LogP contribution in [0.5, 0.6) is 11.5 Å². The van der Waals surface area contributed by atoms with Gasteiger partial charge in [0.05, 0.1) is 5.69 Å². The Bertz CT molecular complexity index is 1290. The summed E-state index contributed by atoms with van der Waals surface area (Å²) in [5.41, 5.74) is 3.79. The maximum Gasteiger partial charge on any atom is 0.283 e. The van der Waals surface area contributed by atoms with Gasteiger partial charge in [-0.15, -0.1) is 0 Å². The summed E-state index contributed by atoms with van der Waals surface area (Å²) < 4.78 is 10.8. The van der Waals surface area contributed by atoms with Crippen molar-refractivity contribution in [3.63, 3.8) is 0 Å². The van der Waals surface area contributed by atoms with E-state index in [9.17, 15) is 4.79 Å². The minimum absolute atomic E-state index is 0.193. The molecule has 0 aromatic heterocycles. The highest BCUT2D eigenvalue weighted by Gasteiger charge is 2.32. The molecule has 0 saturated heterocycles. The number of amides is 1. The Morgan fingerprint density at radius 1 is 1.03 bits per heavy atom. The Labute approximate surface area is 205 Å². The molecule has 166 valence electrons. The van der Waals surface area contributed by atoms with Crippen LogP contribution in [0, 0.1) is 6.92 Å². The van der Waals surface area contributed by atoms with Gasteiger partial charge in [-0.05, 0) is 60.5 Å². The SMILES string of the molecule is Cc1ccc(N2C(=O)C(=Cc3ccc4c(c3)OCO4)N=C2SCc2c(Cl)cccc2Cl)cc1. The van der Waals surface area contributed by atoms with Gasteiger partial charge in [0.1, 0.15) is 5.70 Å². The standard InChI is InChI=1S/C25H18Cl2N2O3S/c1-15-5-8-17(9-6-15)29-24(30)21(11-16-7-10-22-23(12-16)32-14-31-22)28-25(29)33-13-18-19(26)3-2-4-20(18)27/h2-12H,13-14H2,1H3. The maximum absolute atomic E-state index is 13.4. The smallest absolute Gasteiger partial charge is 0.283 e. The fraction of sp³-hybridized carbons (Fsp3) is 0.120. The number of nitrogens with zero attached hydrogens (tertiary/aromatic N) is 2. The van der Waals surface area contributed by atoms with E-state index in [-0.39, 0.29) is 12.7 Å². The van der Waals surface area contributed by atoms with Gasteiger partial charge in [0, 0.05) is 15.8 Å². The quantitative estimate of drug-likeness (QED) is 0.376. The Balaban J connectivity index is 1.49. The van der Waals surface area contributed by atoms with Crippen LogP contribution in [-0.4, -0.2) is 17.9 Å². The average Bonchev–Trinajstić information content (AvgIpc) is 3.38. The highest BCUT2D eigenvalue weighted by molar-refractivity contribution is 8.13. The number of amidine groups is 1. The number of carbonyl (C=O) groups is 1. The molecule has 0 fully saturated rings. The zero-order valence-corrected chi connectivity index (χ0v) is 19.9. The van der Waals surface area contributed by atoms with E-state index in [2.05, 4.69) is 4.99 Å². The van der Waals surface area contributed by atoms with E-state index in [1.807, 2.05) is 49.4 Å². The summed E-state index contributed by atoms with van der Waals surface area (Å²) >= 11 is 14.1. The largest absolute Gasteiger partial charge is 0.454 e. The van der Waals surface area contributed by atoms with Crippen molar-refractivity contribution < 1.29 is 14.3 Å². The lowest BCUT2D eigenvalue weighted by Gasteiger charge is -2.18. The number of halogens is 2. The van der Waals surface area contributed by atoms with Crippen LogP contribution in [-0.2, 0) is 10.5 Å². The van der Waals surface area contributed by atoms with Crippen molar-refractivity contribution in [2.45, 2.75) is 12.7 Å². The van der Waals surface area contributed by atoms with Crippen molar-refractivity contribution in [2.75, 3.05) is 11.7 Å². The van der Waals surface area contributed by atoms with E-state index in [0.29, 0.717) is 38.2 Å². The van der Waals surface area contributed by atoms with Crippen LogP contribution in [0.3, 0.4) is 0 Å². The van der Waals surface area contributed by atoms with Gasteiger partial charge >= 0.3 is 0 Å². The Morgan fingerprint density at radius 3 is 2.52 bits per heavy atom. The highest BCUT2D eigenvalue weighted by Crippen LogP contribution is 2.36. The number of thioether (sulfide) groups is 1. The molecule has 0 atom stereocenters. The molecular formula is C25H18Cl2N2O3S. The van der Waals surface area contributed by atoms with Gasteiger partial charge in [-0.3, -0.25) is 9.69 Å². The molecule has 2 heterocycles. The van der Waals surface area contributed by atoms with Crippen molar-refractivity contribution >= 4 is 57.8 Å². The molecule has 3 aromatic rings. The zero-order valence-electron chi connectivity index (χ0n) is 17.5. The lowest BCUT2D eigenvalue weighted by Crippen LogP contribution is -2.30. The van der Waals surface area contributed by atoms with E-state index in [4.69, 9.17) is 32.7 Å². The lowest BCUT2D eigenvalue weighted by atomic mass is 10.1. The Morgan fingerprint density at radius 2 is 1.76 bits per heavy atom. The number of ether oxygens (including phenoxy) is 2. The number of hydrogen-bond donors (Lipinski definition) is 0. The van der Waals surface area contributed by atoms with Crippen LogP contribution in [0.25, 0.3) is 6.08 Å². The summed E-state index contributed by atoms with van der Waals surface area (Å²) in [4.78, 5) is 19.7. The number of rotatable bonds is 4. The number of aryl methyl sites for hydroxylation is 1. The molecule has 1 amide bonds. The predicted octanol–water partition coefficient (Wildman–Crippen LogP) is 6.71. The minimum atomic E-state index is -0.204. The molecule has 0 aliphatic carbocycles. The van der Waals surface area contributed by atoms with Crippen LogP contribution < -0.4 is 14.4 Å². The van der Waals surface area contributed by atoms with Crippen LogP contribution >= 0.6 is 35.0 Å². The molecule has 2 aliphatic heterocycles. The predicted molar refractivity (Wildman–Crippen MR) is 134 cm³/mol. The molecule has 5 rings (SSSR count).